The van der Waals surface area contributed by atoms with E-state index in [1.807, 2.05) is 0 Å². The number of amides is 2. The third-order valence-electron chi connectivity index (χ3n) is 3.82. The summed E-state index contributed by atoms with van der Waals surface area (Å²) in [5.41, 5.74) is 0.635. The van der Waals surface area contributed by atoms with Crippen LogP contribution in [0.1, 0.15) is 31.2 Å². The maximum atomic E-state index is 12.6. The van der Waals surface area contributed by atoms with Gasteiger partial charge >= 0.3 is 5.97 Å². The SMILES string of the molecule is O=C(O)CCCNC(=O)CCCN1C(=O)/C(=C/c2cccc(Cl)c2Cl)SC1=S. The fraction of sp³-hybridized carbons (Fsp3) is 0.333. The second-order valence-electron chi connectivity index (χ2n) is 5.93. The Labute approximate surface area is 182 Å². The molecule has 0 aliphatic carbocycles. The molecule has 0 atom stereocenters. The predicted octanol–water partition coefficient (Wildman–Crippen LogP) is 3.96. The summed E-state index contributed by atoms with van der Waals surface area (Å²) < 4.78 is 0.427. The lowest BCUT2D eigenvalue weighted by Crippen LogP contribution is -2.31. The summed E-state index contributed by atoms with van der Waals surface area (Å²) in [6.07, 6.45) is 2.72. The summed E-state index contributed by atoms with van der Waals surface area (Å²) in [6, 6.07) is 5.17. The Balaban J connectivity index is 1.85. The second-order valence-corrected chi connectivity index (χ2v) is 8.39. The van der Waals surface area contributed by atoms with Crippen molar-refractivity contribution in [3.63, 3.8) is 0 Å². The van der Waals surface area contributed by atoms with Gasteiger partial charge in [0.1, 0.15) is 4.32 Å². The van der Waals surface area contributed by atoms with Gasteiger partial charge in [0.15, 0.2) is 0 Å². The fourth-order valence-corrected chi connectivity index (χ4v) is 4.08. The number of halogens is 2. The number of rotatable bonds is 9. The summed E-state index contributed by atoms with van der Waals surface area (Å²) in [4.78, 5) is 36.7. The standard InChI is InChI=1S/C18H18Cl2N2O4S2/c19-12-5-1-4-11(16(12)20)10-13-17(26)22(18(27)28-13)9-3-6-14(23)21-8-2-7-15(24)25/h1,4-5,10H,2-3,6-9H2,(H,21,23)(H,24,25)/b13-10-. The molecule has 6 nitrogen and oxygen atoms in total. The second kappa shape index (κ2) is 10.8. The van der Waals surface area contributed by atoms with E-state index >= 15 is 0 Å². The number of hydrogen-bond donors (Lipinski definition) is 2. The third-order valence-corrected chi connectivity index (χ3v) is 6.03. The summed E-state index contributed by atoms with van der Waals surface area (Å²) in [7, 11) is 0. The van der Waals surface area contributed by atoms with Crippen molar-refractivity contribution in [1.29, 1.82) is 0 Å². The van der Waals surface area contributed by atoms with Crippen LogP contribution >= 0.6 is 47.2 Å². The number of carboxylic acid groups (broad SMARTS) is 1. The molecular weight excluding hydrogens is 443 g/mol. The molecule has 10 heteroatoms. The van der Waals surface area contributed by atoms with Crippen molar-refractivity contribution in [3.8, 4) is 0 Å². The number of thioether (sulfide) groups is 1. The van der Waals surface area contributed by atoms with Gasteiger partial charge in [0.25, 0.3) is 5.91 Å². The van der Waals surface area contributed by atoms with Crippen LogP contribution in [0.25, 0.3) is 6.08 Å². The zero-order chi connectivity index (χ0) is 20.7. The van der Waals surface area contributed by atoms with E-state index in [-0.39, 0.29) is 24.7 Å². The monoisotopic (exact) mass is 460 g/mol. The van der Waals surface area contributed by atoms with Gasteiger partial charge in [-0.1, -0.05) is 59.3 Å². The van der Waals surface area contributed by atoms with Crippen LogP contribution in [-0.4, -0.2) is 45.2 Å². The summed E-state index contributed by atoms with van der Waals surface area (Å²) >= 11 is 18.6. The molecule has 0 radical (unpaired) electrons. The number of thiocarbonyl (C=S) groups is 1. The minimum atomic E-state index is -0.893. The number of nitrogens with one attached hydrogen (secondary N) is 1. The van der Waals surface area contributed by atoms with E-state index < -0.39 is 5.97 Å². The molecule has 0 saturated carbocycles. The Morgan fingerprint density at radius 2 is 2.00 bits per heavy atom. The average Bonchev–Trinajstić information content (AvgIpc) is 2.90. The quantitative estimate of drug-likeness (QED) is 0.329. The molecule has 1 saturated heterocycles. The van der Waals surface area contributed by atoms with Crippen LogP contribution < -0.4 is 5.32 Å². The van der Waals surface area contributed by atoms with Crippen molar-refractivity contribution in [2.45, 2.75) is 25.7 Å². The topological polar surface area (TPSA) is 86.7 Å². The first kappa shape index (κ1) is 22.7. The van der Waals surface area contributed by atoms with Crippen molar-refractivity contribution in [1.82, 2.24) is 10.2 Å². The van der Waals surface area contributed by atoms with Gasteiger partial charge in [-0.05, 0) is 30.5 Å². The molecule has 2 N–H and O–H groups in total. The van der Waals surface area contributed by atoms with Crippen LogP contribution in [0.15, 0.2) is 23.1 Å². The van der Waals surface area contributed by atoms with Crippen LogP contribution in [0.2, 0.25) is 10.0 Å². The molecular formula is C18H18Cl2N2O4S2. The summed E-state index contributed by atoms with van der Waals surface area (Å²) in [5.74, 6) is -1.30. The predicted molar refractivity (Wildman–Crippen MR) is 115 cm³/mol. The molecule has 1 fully saturated rings. The number of carbonyl (C=O) groups excluding carboxylic acids is 2. The number of benzene rings is 1. The Bertz CT molecular complexity index is 830. The highest BCUT2D eigenvalue weighted by atomic mass is 35.5. The first-order valence-electron chi connectivity index (χ1n) is 8.47. The number of hydrogen-bond acceptors (Lipinski definition) is 5. The maximum Gasteiger partial charge on any atom is 0.303 e. The highest BCUT2D eigenvalue weighted by Gasteiger charge is 2.31. The average molecular weight is 461 g/mol. The van der Waals surface area contributed by atoms with Gasteiger partial charge in [0, 0.05) is 25.9 Å². The molecule has 1 aromatic carbocycles. The minimum absolute atomic E-state index is 0.0137. The molecule has 1 aliphatic heterocycles. The smallest absolute Gasteiger partial charge is 0.303 e. The maximum absolute atomic E-state index is 12.6. The number of nitrogens with zero attached hydrogens (tertiary/aromatic N) is 1. The molecule has 150 valence electrons. The largest absolute Gasteiger partial charge is 0.481 e. The molecule has 1 aromatic rings. The van der Waals surface area contributed by atoms with E-state index in [0.717, 1.165) is 0 Å². The van der Waals surface area contributed by atoms with Gasteiger partial charge in [-0.15, -0.1) is 0 Å². The van der Waals surface area contributed by atoms with Gasteiger partial charge in [-0.3, -0.25) is 19.3 Å². The molecule has 1 heterocycles. The Morgan fingerprint density at radius 3 is 2.71 bits per heavy atom. The highest BCUT2D eigenvalue weighted by Crippen LogP contribution is 2.35. The molecule has 2 rings (SSSR count). The van der Waals surface area contributed by atoms with E-state index in [1.54, 1.807) is 24.3 Å². The summed E-state index contributed by atoms with van der Waals surface area (Å²) in [6.45, 7) is 0.642. The molecule has 2 amide bonds. The minimum Gasteiger partial charge on any atom is -0.481 e. The highest BCUT2D eigenvalue weighted by molar-refractivity contribution is 8.26. The zero-order valence-corrected chi connectivity index (χ0v) is 17.9. The Hall–Kier alpha value is -1.61. The molecule has 28 heavy (non-hydrogen) atoms. The van der Waals surface area contributed by atoms with Crippen LogP contribution in [0.5, 0.6) is 0 Å². The lowest BCUT2D eigenvalue weighted by molar-refractivity contribution is -0.137. The fourth-order valence-electron chi connectivity index (χ4n) is 2.42. The first-order chi connectivity index (χ1) is 13.3. The lowest BCUT2D eigenvalue weighted by Gasteiger charge is -2.14. The van der Waals surface area contributed by atoms with Gasteiger partial charge in [-0.25, -0.2) is 0 Å². The Morgan fingerprint density at radius 1 is 1.25 bits per heavy atom. The van der Waals surface area contributed by atoms with Gasteiger partial charge in [-0.2, -0.15) is 0 Å². The number of aliphatic carboxylic acids is 1. The van der Waals surface area contributed by atoms with E-state index in [4.69, 9.17) is 40.5 Å². The first-order valence-corrected chi connectivity index (χ1v) is 10.5. The number of carboxylic acids is 1. The third kappa shape index (κ3) is 6.48. The normalized spacial score (nSPS) is 15.4. The van der Waals surface area contributed by atoms with Crippen molar-refractivity contribution < 1.29 is 19.5 Å². The van der Waals surface area contributed by atoms with Crippen molar-refractivity contribution in [3.05, 3.63) is 38.7 Å². The van der Waals surface area contributed by atoms with Crippen molar-refractivity contribution >= 4 is 75.4 Å². The zero-order valence-electron chi connectivity index (χ0n) is 14.7. The van der Waals surface area contributed by atoms with Gasteiger partial charge in [0.05, 0.1) is 15.0 Å². The Kier molecular flexibility index (Phi) is 8.75. The van der Waals surface area contributed by atoms with Gasteiger partial charge < -0.3 is 10.4 Å². The van der Waals surface area contributed by atoms with E-state index in [2.05, 4.69) is 5.32 Å². The van der Waals surface area contributed by atoms with Crippen LogP contribution in [0.4, 0.5) is 0 Å². The molecule has 0 bridgehead atoms. The summed E-state index contributed by atoms with van der Waals surface area (Å²) in [5, 5.41) is 12.0. The van der Waals surface area contributed by atoms with Crippen LogP contribution in [-0.2, 0) is 14.4 Å². The molecule has 0 aromatic heterocycles. The van der Waals surface area contributed by atoms with Crippen molar-refractivity contribution in [2.24, 2.45) is 0 Å². The molecule has 0 unspecified atom stereocenters. The van der Waals surface area contributed by atoms with E-state index in [0.29, 0.717) is 50.8 Å². The van der Waals surface area contributed by atoms with E-state index in [1.165, 1.54) is 16.7 Å². The molecule has 1 aliphatic rings. The molecule has 0 spiro atoms. The van der Waals surface area contributed by atoms with E-state index in [9.17, 15) is 14.4 Å². The number of carbonyl (C=O) groups is 3. The van der Waals surface area contributed by atoms with Crippen LogP contribution in [0.3, 0.4) is 0 Å². The van der Waals surface area contributed by atoms with Gasteiger partial charge in [0.2, 0.25) is 5.91 Å². The van der Waals surface area contributed by atoms with Crippen LogP contribution in [0, 0.1) is 0 Å². The van der Waals surface area contributed by atoms with Crippen molar-refractivity contribution in [2.75, 3.05) is 13.1 Å². The lowest BCUT2D eigenvalue weighted by atomic mass is 10.2.